The lowest BCUT2D eigenvalue weighted by atomic mass is 10.1. The molecule has 2 aromatic rings. The molecule has 0 radical (unpaired) electrons. The Morgan fingerprint density at radius 1 is 1.08 bits per heavy atom. The summed E-state index contributed by atoms with van der Waals surface area (Å²) in [6, 6.07) is 11.4. The summed E-state index contributed by atoms with van der Waals surface area (Å²) in [4.78, 5) is 15.9. The van der Waals surface area contributed by atoms with E-state index in [0.29, 0.717) is 33.8 Å². The summed E-state index contributed by atoms with van der Waals surface area (Å²) in [5, 5.41) is 9.81. The number of anilines is 2. The summed E-state index contributed by atoms with van der Waals surface area (Å²) in [5.74, 6) is 0.668. The molecule has 0 aromatic heterocycles. The molecule has 2 atom stereocenters. The first-order chi connectivity index (χ1) is 18.2. The van der Waals surface area contributed by atoms with Crippen LogP contribution in [-0.4, -0.2) is 60.6 Å². The summed E-state index contributed by atoms with van der Waals surface area (Å²) in [6.07, 6.45) is 4.64. The van der Waals surface area contributed by atoms with Gasteiger partial charge in [0.05, 0.1) is 28.0 Å². The predicted molar refractivity (Wildman–Crippen MR) is 151 cm³/mol. The maximum Gasteiger partial charge on any atom is 0.501 e. The fourth-order valence-electron chi connectivity index (χ4n) is 4.65. The minimum atomic E-state index is -4.61. The van der Waals surface area contributed by atoms with E-state index in [0.717, 1.165) is 56.8 Å². The number of fused-ring (bicyclic) bond motifs is 1. The Kier molecular flexibility index (Phi) is 9.79. The van der Waals surface area contributed by atoms with Gasteiger partial charge in [-0.1, -0.05) is 41.9 Å². The molecule has 4 rings (SSSR count). The largest absolute Gasteiger partial charge is 0.501 e. The molecule has 2 aromatic carbocycles. The minimum absolute atomic E-state index is 0.554. The average Bonchev–Trinajstić information content (AvgIpc) is 2.90. The highest BCUT2D eigenvalue weighted by Gasteiger charge is 2.31. The number of hydrogen-bond donors (Lipinski definition) is 2. The molecule has 2 aliphatic heterocycles. The molecule has 0 saturated carbocycles. The van der Waals surface area contributed by atoms with Gasteiger partial charge in [0.2, 0.25) is 0 Å². The molecule has 0 amide bonds. The third-order valence-electron chi connectivity index (χ3n) is 6.56. The Labute approximate surface area is 233 Å². The second-order valence-electron chi connectivity index (χ2n) is 9.13. The van der Waals surface area contributed by atoms with Crippen molar-refractivity contribution in [2.45, 2.75) is 26.0 Å². The number of nitrogens with zero attached hydrogens (tertiary/aromatic N) is 3. The van der Waals surface area contributed by atoms with Crippen LogP contribution in [0.3, 0.4) is 0 Å². The van der Waals surface area contributed by atoms with Crippen LogP contribution in [0.5, 0.6) is 5.75 Å². The summed E-state index contributed by atoms with van der Waals surface area (Å²) in [5.41, 5.74) is 3.12. The van der Waals surface area contributed by atoms with Gasteiger partial charge < -0.3 is 19.4 Å². The van der Waals surface area contributed by atoms with E-state index in [1.54, 1.807) is 24.0 Å². The van der Waals surface area contributed by atoms with Crippen molar-refractivity contribution >= 4 is 48.5 Å². The molecule has 0 aliphatic carbocycles. The zero-order chi connectivity index (χ0) is 27.3. The van der Waals surface area contributed by atoms with Gasteiger partial charge >= 0.3 is 7.82 Å². The van der Waals surface area contributed by atoms with Gasteiger partial charge in [-0.3, -0.25) is 9.42 Å². The number of halogens is 2. The van der Waals surface area contributed by atoms with Crippen molar-refractivity contribution in [2.24, 2.45) is 0 Å². The lowest BCUT2D eigenvalue weighted by Gasteiger charge is -2.36. The van der Waals surface area contributed by atoms with Gasteiger partial charge in [0.15, 0.2) is 0 Å². The van der Waals surface area contributed by atoms with Crippen LogP contribution in [0.25, 0.3) is 6.08 Å². The molecule has 2 heterocycles. The highest BCUT2D eigenvalue weighted by atomic mass is 35.5. The van der Waals surface area contributed by atoms with Crippen molar-refractivity contribution in [1.29, 1.82) is 0 Å². The van der Waals surface area contributed by atoms with Crippen LogP contribution in [0.2, 0.25) is 10.0 Å². The first-order valence-corrected chi connectivity index (χ1v) is 14.6. The fraction of sp³-hybridized carbons (Fsp3) is 0.385. The van der Waals surface area contributed by atoms with E-state index in [2.05, 4.69) is 21.1 Å². The molecule has 1 saturated heterocycles. The summed E-state index contributed by atoms with van der Waals surface area (Å²) >= 11 is 12.5. The van der Waals surface area contributed by atoms with Crippen LogP contribution in [0.1, 0.15) is 25.3 Å². The summed E-state index contributed by atoms with van der Waals surface area (Å²) in [6.45, 7) is 10.8. The molecular formula is C26H32Cl2N3O6P. The Balaban J connectivity index is 1.24. The molecule has 2 N–H and O–H groups in total. The van der Waals surface area contributed by atoms with E-state index >= 15 is 0 Å². The van der Waals surface area contributed by atoms with Gasteiger partial charge in [-0.15, -0.1) is 4.67 Å². The lowest BCUT2D eigenvalue weighted by molar-refractivity contribution is -0.164. The van der Waals surface area contributed by atoms with Gasteiger partial charge in [0.1, 0.15) is 12.0 Å². The molecule has 38 heavy (non-hydrogen) atoms. The van der Waals surface area contributed by atoms with Crippen molar-refractivity contribution in [2.75, 3.05) is 49.1 Å². The Hall–Kier alpha value is -2.07. The zero-order valence-electron chi connectivity index (χ0n) is 21.1. The quantitative estimate of drug-likeness (QED) is 0.137. The molecular weight excluding hydrogens is 552 g/mol. The third-order valence-corrected chi connectivity index (χ3v) is 8.15. The van der Waals surface area contributed by atoms with E-state index in [9.17, 15) is 9.46 Å². The molecule has 2 aliphatic rings. The number of hydrogen-bond acceptors (Lipinski definition) is 8. The molecule has 12 heteroatoms. The Bertz CT molecular complexity index is 1220. The standard InChI is InChI=1S/C26H32Cl2N3O6P/c1-19-8-9-21-10-11-22(18-25(21)31(19)20(2)36-38(33,34)37-32)35-17-4-3-12-29-13-15-30(16-14-29)24-7-5-6-23(27)26(24)28/h5-11,18,20,32H,1,3-4,12-17H2,2H3,(H,33,34). The Morgan fingerprint density at radius 3 is 2.58 bits per heavy atom. The molecule has 206 valence electrons. The molecule has 2 unspecified atom stereocenters. The highest BCUT2D eigenvalue weighted by Crippen LogP contribution is 2.46. The van der Waals surface area contributed by atoms with Crippen molar-refractivity contribution in [1.82, 2.24) is 4.90 Å². The van der Waals surface area contributed by atoms with Crippen molar-refractivity contribution in [3.8, 4) is 5.75 Å². The number of phosphoric ester groups is 1. The number of unbranched alkanes of at least 4 members (excludes halogenated alkanes) is 1. The van der Waals surface area contributed by atoms with Crippen LogP contribution in [0.4, 0.5) is 11.4 Å². The molecule has 1 fully saturated rings. The number of piperazine rings is 1. The molecule has 9 nitrogen and oxygen atoms in total. The summed E-state index contributed by atoms with van der Waals surface area (Å²) < 4.78 is 26.3. The highest BCUT2D eigenvalue weighted by molar-refractivity contribution is 7.47. The second kappa shape index (κ2) is 12.9. The van der Waals surface area contributed by atoms with Gasteiger partial charge in [0.25, 0.3) is 0 Å². The van der Waals surface area contributed by atoms with Crippen molar-refractivity contribution < 1.29 is 28.7 Å². The van der Waals surface area contributed by atoms with Crippen LogP contribution in [0.15, 0.2) is 54.8 Å². The number of ether oxygens (including phenoxy) is 1. The number of rotatable bonds is 11. The first kappa shape index (κ1) is 28.9. The number of benzene rings is 2. The van der Waals surface area contributed by atoms with Crippen LogP contribution >= 0.6 is 31.0 Å². The first-order valence-electron chi connectivity index (χ1n) is 12.4. The van der Waals surface area contributed by atoms with Gasteiger partial charge in [0, 0.05) is 37.9 Å². The number of phosphoric acid groups is 1. The zero-order valence-corrected chi connectivity index (χ0v) is 23.5. The maximum atomic E-state index is 11.7. The Morgan fingerprint density at radius 2 is 1.84 bits per heavy atom. The number of allylic oxidation sites excluding steroid dienone is 1. The predicted octanol–water partition coefficient (Wildman–Crippen LogP) is 6.27. The van der Waals surface area contributed by atoms with Crippen molar-refractivity contribution in [3.63, 3.8) is 0 Å². The lowest BCUT2D eigenvalue weighted by Crippen LogP contribution is -2.46. The van der Waals surface area contributed by atoms with Gasteiger partial charge in [-0.05, 0) is 62.2 Å². The molecule has 0 bridgehead atoms. The smallest absolute Gasteiger partial charge is 0.494 e. The average molecular weight is 584 g/mol. The third kappa shape index (κ3) is 7.11. The maximum absolute atomic E-state index is 11.7. The topological polar surface area (TPSA) is 94.9 Å². The van der Waals surface area contributed by atoms with Crippen molar-refractivity contribution in [3.05, 3.63) is 70.4 Å². The van der Waals surface area contributed by atoms with E-state index in [1.807, 2.05) is 36.4 Å². The van der Waals surface area contributed by atoms with E-state index in [1.165, 1.54) is 0 Å². The second-order valence-corrected chi connectivity index (χ2v) is 11.2. The fourth-order valence-corrected chi connectivity index (χ4v) is 5.58. The summed E-state index contributed by atoms with van der Waals surface area (Å²) in [7, 11) is -4.61. The normalized spacial score (nSPS) is 18.3. The SMILES string of the molecule is C=C1C=Cc2ccc(OCCCCN3CCN(c4cccc(Cl)c4Cl)CC3)cc2N1C(C)OP(=O)(O)OO. The van der Waals surface area contributed by atoms with Crippen LogP contribution in [0, 0.1) is 0 Å². The van der Waals surface area contributed by atoms with Gasteiger partial charge in [-0.2, -0.15) is 0 Å². The van der Waals surface area contributed by atoms with E-state index in [4.69, 9.17) is 37.7 Å². The molecule has 0 spiro atoms. The van der Waals surface area contributed by atoms with Crippen LogP contribution in [-0.2, 0) is 13.8 Å². The van der Waals surface area contributed by atoms with Gasteiger partial charge in [-0.25, -0.2) is 9.82 Å². The van der Waals surface area contributed by atoms with E-state index < -0.39 is 14.1 Å². The monoisotopic (exact) mass is 583 g/mol. The minimum Gasteiger partial charge on any atom is -0.494 e. The van der Waals surface area contributed by atoms with Crippen LogP contribution < -0.4 is 14.5 Å². The van der Waals surface area contributed by atoms with E-state index in [-0.39, 0.29) is 0 Å².